The zero-order valence-corrected chi connectivity index (χ0v) is 24.0. The summed E-state index contributed by atoms with van der Waals surface area (Å²) in [4.78, 5) is 59.0. The lowest BCUT2D eigenvalue weighted by Crippen LogP contribution is -2.30. The topological polar surface area (TPSA) is 97.8 Å². The van der Waals surface area contributed by atoms with E-state index in [0.717, 1.165) is 83.5 Å². The highest BCUT2D eigenvalue weighted by Gasteiger charge is 2.22. The number of imide groups is 1. The van der Waals surface area contributed by atoms with Crippen molar-refractivity contribution in [3.8, 4) is 0 Å². The van der Waals surface area contributed by atoms with Gasteiger partial charge in [-0.1, -0.05) is 89.9 Å². The molecule has 0 atom stereocenters. The molecule has 216 valence electrons. The molecule has 0 aromatic heterocycles. The van der Waals surface area contributed by atoms with Crippen LogP contribution in [0, 0.1) is 5.92 Å². The first-order chi connectivity index (χ1) is 18.3. The van der Waals surface area contributed by atoms with E-state index in [1.807, 2.05) is 0 Å². The second-order valence-electron chi connectivity index (χ2n) is 10.7. The van der Waals surface area contributed by atoms with Crippen LogP contribution in [0.25, 0.3) is 0 Å². The number of carbonyl (C=O) groups excluding carboxylic acids is 5. The number of Topliss-reactive ketones (excluding diaryl/α,β-unsaturated/α-hetero) is 2. The molecule has 0 spiro atoms. The Hall–Kier alpha value is -2.31. The highest BCUT2D eigenvalue weighted by molar-refractivity contribution is 6.12. The number of nitrogens with zero attached hydrogens (tertiary/aromatic N) is 1. The largest absolute Gasteiger partial charge is 0.466 e. The summed E-state index contributed by atoms with van der Waals surface area (Å²) in [5.74, 6) is -0.890. The first-order valence-corrected chi connectivity index (χ1v) is 15.0. The number of ether oxygens (including phenoxy) is 1. The van der Waals surface area contributed by atoms with Crippen LogP contribution >= 0.6 is 0 Å². The van der Waals surface area contributed by atoms with E-state index in [2.05, 4.69) is 0 Å². The zero-order valence-electron chi connectivity index (χ0n) is 24.0. The Balaban J connectivity index is 1.78. The number of hydrogen-bond donors (Lipinski definition) is 0. The van der Waals surface area contributed by atoms with Gasteiger partial charge in [-0.3, -0.25) is 28.9 Å². The van der Waals surface area contributed by atoms with Crippen LogP contribution in [0.15, 0.2) is 12.2 Å². The predicted molar refractivity (Wildman–Crippen MR) is 149 cm³/mol. The van der Waals surface area contributed by atoms with E-state index in [1.165, 1.54) is 56.6 Å². The number of hydrogen-bond acceptors (Lipinski definition) is 6. The van der Waals surface area contributed by atoms with Gasteiger partial charge in [-0.05, 0) is 39.5 Å². The maximum Gasteiger partial charge on any atom is 0.305 e. The molecule has 1 rings (SSSR count). The van der Waals surface area contributed by atoms with Crippen LogP contribution in [0.5, 0.6) is 0 Å². The molecule has 0 fully saturated rings. The number of unbranched alkanes of at least 4 members (excludes halogenated alkanes) is 15. The Morgan fingerprint density at radius 1 is 0.632 bits per heavy atom. The van der Waals surface area contributed by atoms with Gasteiger partial charge >= 0.3 is 5.97 Å². The molecule has 2 amide bonds. The summed E-state index contributed by atoms with van der Waals surface area (Å²) in [6.07, 6.45) is 22.2. The van der Waals surface area contributed by atoms with Gasteiger partial charge in [0.1, 0.15) is 11.6 Å². The number of amides is 2. The molecule has 0 saturated carbocycles. The molecule has 1 heterocycles. The second kappa shape index (κ2) is 21.6. The number of rotatable bonds is 25. The highest BCUT2D eigenvalue weighted by atomic mass is 16.5. The summed E-state index contributed by atoms with van der Waals surface area (Å²) in [6.45, 7) is 4.06. The third-order valence-corrected chi connectivity index (χ3v) is 7.29. The van der Waals surface area contributed by atoms with Crippen LogP contribution in [-0.4, -0.2) is 47.4 Å². The SMILES string of the molecule is CC(=O)C(CCCCCCCCCCCOC(=O)CCCCCCCCCCN1C(=O)C=CC1=O)C(C)=O. The van der Waals surface area contributed by atoms with Crippen molar-refractivity contribution in [1.29, 1.82) is 0 Å². The van der Waals surface area contributed by atoms with E-state index in [-0.39, 0.29) is 29.4 Å². The summed E-state index contributed by atoms with van der Waals surface area (Å²) in [5.41, 5.74) is 0. The Bertz CT molecular complexity index is 727. The van der Waals surface area contributed by atoms with E-state index >= 15 is 0 Å². The van der Waals surface area contributed by atoms with Gasteiger partial charge in [0.05, 0.1) is 12.5 Å². The first-order valence-electron chi connectivity index (χ1n) is 15.0. The van der Waals surface area contributed by atoms with Crippen molar-refractivity contribution >= 4 is 29.4 Å². The van der Waals surface area contributed by atoms with Crippen LogP contribution in [-0.2, 0) is 28.7 Å². The fourth-order valence-corrected chi connectivity index (χ4v) is 4.89. The van der Waals surface area contributed by atoms with Crippen LogP contribution in [0.2, 0.25) is 0 Å². The quantitative estimate of drug-likeness (QED) is 0.0563. The lowest BCUT2D eigenvalue weighted by atomic mass is 9.93. The van der Waals surface area contributed by atoms with E-state index in [1.54, 1.807) is 0 Å². The number of carbonyl (C=O) groups is 5. The standard InChI is InChI=1S/C31H51NO6/c1-26(33)28(27(2)34)20-16-12-8-4-3-7-11-15-19-25-38-31(37)21-17-13-9-5-6-10-14-18-24-32-29(35)22-23-30(32)36/h22-23,28H,3-21,24-25H2,1-2H3. The molecule has 7 heteroatoms. The number of ketones is 2. The minimum atomic E-state index is -0.399. The van der Waals surface area contributed by atoms with Gasteiger partial charge in [-0.25, -0.2) is 0 Å². The van der Waals surface area contributed by atoms with Crippen LogP contribution in [0.1, 0.15) is 136 Å². The van der Waals surface area contributed by atoms with Gasteiger partial charge in [-0.2, -0.15) is 0 Å². The van der Waals surface area contributed by atoms with Gasteiger partial charge in [0.15, 0.2) is 0 Å². The maximum absolute atomic E-state index is 11.9. The summed E-state index contributed by atoms with van der Waals surface area (Å²) >= 11 is 0. The highest BCUT2D eigenvalue weighted by Crippen LogP contribution is 2.16. The Morgan fingerprint density at radius 2 is 1.05 bits per heavy atom. The monoisotopic (exact) mass is 533 g/mol. The van der Waals surface area contributed by atoms with E-state index in [4.69, 9.17) is 4.74 Å². The van der Waals surface area contributed by atoms with Crippen LogP contribution < -0.4 is 0 Å². The summed E-state index contributed by atoms with van der Waals surface area (Å²) in [5, 5.41) is 0. The van der Waals surface area contributed by atoms with Crippen molar-refractivity contribution in [3.05, 3.63) is 12.2 Å². The molecule has 0 aromatic carbocycles. The smallest absolute Gasteiger partial charge is 0.305 e. The maximum atomic E-state index is 11.9. The van der Waals surface area contributed by atoms with Crippen molar-refractivity contribution in [3.63, 3.8) is 0 Å². The molecule has 1 aliphatic heterocycles. The molecular formula is C31H51NO6. The number of esters is 1. The van der Waals surface area contributed by atoms with Gasteiger partial charge < -0.3 is 4.74 Å². The lowest BCUT2D eigenvalue weighted by molar-refractivity contribution is -0.144. The molecular weight excluding hydrogens is 482 g/mol. The Morgan fingerprint density at radius 3 is 1.55 bits per heavy atom. The molecule has 0 bridgehead atoms. The zero-order chi connectivity index (χ0) is 28.0. The van der Waals surface area contributed by atoms with Crippen LogP contribution in [0.4, 0.5) is 0 Å². The van der Waals surface area contributed by atoms with Crippen molar-refractivity contribution in [2.24, 2.45) is 5.92 Å². The van der Waals surface area contributed by atoms with Crippen molar-refractivity contribution < 1.29 is 28.7 Å². The van der Waals surface area contributed by atoms with Gasteiger partial charge in [0.25, 0.3) is 11.8 Å². The molecule has 0 N–H and O–H groups in total. The molecule has 7 nitrogen and oxygen atoms in total. The second-order valence-corrected chi connectivity index (χ2v) is 10.7. The van der Waals surface area contributed by atoms with E-state index in [9.17, 15) is 24.0 Å². The van der Waals surface area contributed by atoms with E-state index in [0.29, 0.717) is 26.0 Å². The predicted octanol–water partition coefficient (Wildman–Crippen LogP) is 6.66. The molecule has 0 unspecified atom stereocenters. The van der Waals surface area contributed by atoms with E-state index < -0.39 is 5.92 Å². The van der Waals surface area contributed by atoms with Gasteiger partial charge in [0.2, 0.25) is 0 Å². The Labute approximate surface area is 230 Å². The lowest BCUT2D eigenvalue weighted by Gasteiger charge is -2.12. The molecule has 0 saturated heterocycles. The molecule has 1 aliphatic rings. The minimum Gasteiger partial charge on any atom is -0.466 e. The Kier molecular flexibility index (Phi) is 19.2. The first kappa shape index (κ1) is 33.7. The van der Waals surface area contributed by atoms with Crippen molar-refractivity contribution in [2.75, 3.05) is 13.2 Å². The van der Waals surface area contributed by atoms with Gasteiger partial charge in [0, 0.05) is 25.1 Å². The summed E-state index contributed by atoms with van der Waals surface area (Å²) < 4.78 is 5.35. The minimum absolute atomic E-state index is 0.00827. The fraction of sp³-hybridized carbons (Fsp3) is 0.774. The molecule has 0 aliphatic carbocycles. The normalized spacial score (nSPS) is 13.1. The fourth-order valence-electron chi connectivity index (χ4n) is 4.89. The summed E-state index contributed by atoms with van der Waals surface area (Å²) in [7, 11) is 0. The summed E-state index contributed by atoms with van der Waals surface area (Å²) in [6, 6.07) is 0. The third-order valence-electron chi connectivity index (χ3n) is 7.29. The average Bonchev–Trinajstić information content (AvgIpc) is 3.19. The third kappa shape index (κ3) is 16.5. The van der Waals surface area contributed by atoms with Crippen LogP contribution in [0.3, 0.4) is 0 Å². The van der Waals surface area contributed by atoms with Crippen molar-refractivity contribution in [2.45, 2.75) is 136 Å². The van der Waals surface area contributed by atoms with Crippen molar-refractivity contribution in [1.82, 2.24) is 4.90 Å². The molecule has 0 radical (unpaired) electrons. The van der Waals surface area contributed by atoms with Gasteiger partial charge in [-0.15, -0.1) is 0 Å². The molecule has 0 aromatic rings. The molecule has 38 heavy (non-hydrogen) atoms. The average molecular weight is 534 g/mol.